The van der Waals surface area contributed by atoms with E-state index in [1.54, 1.807) is 38.1 Å². The molecule has 1 aromatic heterocycles. The molecule has 2 aromatic carbocycles. The molecule has 0 saturated carbocycles. The lowest BCUT2D eigenvalue weighted by Gasteiger charge is -2.15. The number of hydrogen-bond acceptors (Lipinski definition) is 4. The van der Waals surface area contributed by atoms with Crippen LogP contribution in [0.2, 0.25) is 0 Å². The van der Waals surface area contributed by atoms with Gasteiger partial charge in [-0.15, -0.1) is 0 Å². The van der Waals surface area contributed by atoms with Crippen molar-refractivity contribution in [3.63, 3.8) is 0 Å². The number of aromatic nitrogens is 1. The number of rotatable bonds is 5. The summed E-state index contributed by atoms with van der Waals surface area (Å²) >= 11 is 0. The Morgan fingerprint density at radius 3 is 2.23 bits per heavy atom. The molecule has 3 aromatic rings. The van der Waals surface area contributed by atoms with Gasteiger partial charge in [0.15, 0.2) is 0 Å². The first-order chi connectivity index (χ1) is 14.1. The van der Waals surface area contributed by atoms with Crippen LogP contribution in [0.4, 0.5) is 5.69 Å². The number of amides is 1. The molecular weight excluding hydrogens is 400 g/mol. The SMILES string of the molecule is Cc1ccc(S(=O)(=O)c2c(C)cc(C)n(CC(=O)Nc3cccc(C)c3)c2=O)cc1. The third-order valence-electron chi connectivity index (χ3n) is 4.85. The van der Waals surface area contributed by atoms with Crippen molar-refractivity contribution in [3.8, 4) is 0 Å². The van der Waals surface area contributed by atoms with Gasteiger partial charge in [-0.2, -0.15) is 0 Å². The summed E-state index contributed by atoms with van der Waals surface area (Å²) in [6, 6.07) is 15.2. The van der Waals surface area contributed by atoms with Crippen LogP contribution in [-0.4, -0.2) is 18.9 Å². The maximum Gasteiger partial charge on any atom is 0.270 e. The molecule has 1 N–H and O–H groups in total. The predicted molar refractivity (Wildman–Crippen MR) is 117 cm³/mol. The Morgan fingerprint density at radius 2 is 1.60 bits per heavy atom. The fourth-order valence-corrected chi connectivity index (χ4v) is 4.89. The van der Waals surface area contributed by atoms with E-state index in [-0.39, 0.29) is 16.3 Å². The average molecular weight is 425 g/mol. The van der Waals surface area contributed by atoms with Crippen molar-refractivity contribution < 1.29 is 13.2 Å². The Morgan fingerprint density at radius 1 is 0.933 bits per heavy atom. The summed E-state index contributed by atoms with van der Waals surface area (Å²) in [4.78, 5) is 25.4. The molecule has 1 amide bonds. The minimum atomic E-state index is -4.02. The first kappa shape index (κ1) is 21.5. The summed E-state index contributed by atoms with van der Waals surface area (Å²) in [5, 5.41) is 2.75. The summed E-state index contributed by atoms with van der Waals surface area (Å²) in [5.41, 5.74) is 2.69. The number of sulfone groups is 1. The number of nitrogens with zero attached hydrogens (tertiary/aromatic N) is 1. The topological polar surface area (TPSA) is 85.2 Å². The van der Waals surface area contributed by atoms with Crippen LogP contribution in [0.3, 0.4) is 0 Å². The van der Waals surface area contributed by atoms with Crippen LogP contribution in [0, 0.1) is 27.7 Å². The third-order valence-corrected chi connectivity index (χ3v) is 6.78. The Hall–Kier alpha value is -3.19. The van der Waals surface area contributed by atoms with E-state index >= 15 is 0 Å². The van der Waals surface area contributed by atoms with Crippen LogP contribution in [0.25, 0.3) is 0 Å². The van der Waals surface area contributed by atoms with E-state index in [9.17, 15) is 18.0 Å². The molecule has 0 fully saturated rings. The fourth-order valence-electron chi connectivity index (χ4n) is 3.33. The molecule has 0 aliphatic carbocycles. The van der Waals surface area contributed by atoms with Crippen molar-refractivity contribution in [3.05, 3.63) is 87.3 Å². The number of hydrogen-bond donors (Lipinski definition) is 1. The fraction of sp³-hybridized carbons (Fsp3) is 0.217. The van der Waals surface area contributed by atoms with E-state index in [0.29, 0.717) is 16.9 Å². The molecule has 156 valence electrons. The first-order valence-corrected chi connectivity index (χ1v) is 11.0. The summed E-state index contributed by atoms with van der Waals surface area (Å²) in [7, 11) is -4.02. The number of nitrogens with one attached hydrogen (secondary N) is 1. The highest BCUT2D eigenvalue weighted by Crippen LogP contribution is 2.22. The van der Waals surface area contributed by atoms with Gasteiger partial charge in [0, 0.05) is 11.4 Å². The largest absolute Gasteiger partial charge is 0.325 e. The molecule has 6 nitrogen and oxygen atoms in total. The molecule has 3 rings (SSSR count). The highest BCUT2D eigenvalue weighted by molar-refractivity contribution is 7.91. The van der Waals surface area contributed by atoms with Gasteiger partial charge < -0.3 is 9.88 Å². The first-order valence-electron chi connectivity index (χ1n) is 9.49. The van der Waals surface area contributed by atoms with E-state index in [4.69, 9.17) is 0 Å². The molecule has 1 heterocycles. The van der Waals surface area contributed by atoms with E-state index in [0.717, 1.165) is 11.1 Å². The second-order valence-electron chi connectivity index (χ2n) is 7.42. The Bertz CT molecular complexity index is 1270. The molecular formula is C23H24N2O4S. The molecule has 0 unspecified atom stereocenters. The van der Waals surface area contributed by atoms with Gasteiger partial charge in [0.2, 0.25) is 15.7 Å². The van der Waals surface area contributed by atoms with Crippen molar-refractivity contribution in [2.75, 3.05) is 5.32 Å². The van der Waals surface area contributed by atoms with Gasteiger partial charge in [-0.1, -0.05) is 29.8 Å². The van der Waals surface area contributed by atoms with Gasteiger partial charge in [0.05, 0.1) is 4.90 Å². The van der Waals surface area contributed by atoms with Crippen LogP contribution in [0.5, 0.6) is 0 Å². The smallest absolute Gasteiger partial charge is 0.270 e. The maximum atomic E-state index is 13.2. The summed E-state index contributed by atoms with van der Waals surface area (Å²) < 4.78 is 27.5. The average Bonchev–Trinajstić information content (AvgIpc) is 2.65. The van der Waals surface area contributed by atoms with Gasteiger partial charge >= 0.3 is 0 Å². The Kier molecular flexibility index (Phi) is 5.94. The normalized spacial score (nSPS) is 11.3. The van der Waals surface area contributed by atoms with Gasteiger partial charge in [-0.25, -0.2) is 8.42 Å². The zero-order chi connectivity index (χ0) is 22.1. The molecule has 0 spiro atoms. The van der Waals surface area contributed by atoms with Crippen molar-refractivity contribution in [1.29, 1.82) is 0 Å². The molecule has 0 atom stereocenters. The zero-order valence-electron chi connectivity index (χ0n) is 17.4. The predicted octanol–water partition coefficient (Wildman–Crippen LogP) is 3.55. The monoisotopic (exact) mass is 424 g/mol. The van der Waals surface area contributed by atoms with Crippen molar-refractivity contribution >= 4 is 21.4 Å². The number of aryl methyl sites for hydroxylation is 4. The second kappa shape index (κ2) is 8.28. The lowest BCUT2D eigenvalue weighted by Crippen LogP contribution is -2.33. The third kappa shape index (κ3) is 4.36. The quantitative estimate of drug-likeness (QED) is 0.679. The maximum absolute atomic E-state index is 13.2. The van der Waals surface area contributed by atoms with Crippen LogP contribution in [0.1, 0.15) is 22.4 Å². The molecule has 0 radical (unpaired) electrons. The minimum absolute atomic E-state index is 0.0490. The summed E-state index contributed by atoms with van der Waals surface area (Å²) in [6.07, 6.45) is 0. The number of benzene rings is 2. The highest BCUT2D eigenvalue weighted by Gasteiger charge is 2.26. The minimum Gasteiger partial charge on any atom is -0.325 e. The second-order valence-corrected chi connectivity index (χ2v) is 9.31. The van der Waals surface area contributed by atoms with Gasteiger partial charge in [0.1, 0.15) is 11.4 Å². The van der Waals surface area contributed by atoms with Gasteiger partial charge in [-0.3, -0.25) is 9.59 Å². The summed E-state index contributed by atoms with van der Waals surface area (Å²) in [6.45, 7) is 6.75. The highest BCUT2D eigenvalue weighted by atomic mass is 32.2. The lowest BCUT2D eigenvalue weighted by atomic mass is 10.2. The van der Waals surface area contributed by atoms with Crippen LogP contribution < -0.4 is 10.9 Å². The molecule has 30 heavy (non-hydrogen) atoms. The van der Waals surface area contributed by atoms with Crippen LogP contribution >= 0.6 is 0 Å². The molecule has 0 saturated heterocycles. The number of pyridine rings is 1. The van der Waals surface area contributed by atoms with Crippen molar-refractivity contribution in [2.24, 2.45) is 0 Å². The lowest BCUT2D eigenvalue weighted by molar-refractivity contribution is -0.116. The van der Waals surface area contributed by atoms with Crippen LogP contribution in [-0.2, 0) is 21.2 Å². The van der Waals surface area contributed by atoms with Crippen LogP contribution in [0.15, 0.2) is 69.2 Å². The van der Waals surface area contributed by atoms with E-state index in [2.05, 4.69) is 5.32 Å². The molecule has 0 bridgehead atoms. The van der Waals surface area contributed by atoms with E-state index in [1.165, 1.54) is 16.7 Å². The number of anilines is 1. The Labute approximate surface area is 176 Å². The van der Waals surface area contributed by atoms with Gasteiger partial charge in [-0.05, 0) is 69.2 Å². The van der Waals surface area contributed by atoms with Crippen molar-refractivity contribution in [2.45, 2.75) is 44.0 Å². The number of carbonyl (C=O) groups excluding carboxylic acids is 1. The number of carbonyl (C=O) groups is 1. The molecule has 0 aliphatic rings. The van der Waals surface area contributed by atoms with E-state index in [1.807, 2.05) is 32.0 Å². The van der Waals surface area contributed by atoms with Gasteiger partial charge in [0.25, 0.3) is 5.56 Å². The standard InChI is InChI=1S/C23H24N2O4S/c1-15-8-10-20(11-9-15)30(28,29)22-17(3)13-18(4)25(23(22)27)14-21(26)24-19-7-5-6-16(2)12-19/h5-13H,14H2,1-4H3,(H,24,26). The van der Waals surface area contributed by atoms with Crippen molar-refractivity contribution in [1.82, 2.24) is 4.57 Å². The zero-order valence-corrected chi connectivity index (χ0v) is 18.2. The summed E-state index contributed by atoms with van der Waals surface area (Å²) in [5.74, 6) is -0.409. The molecule has 7 heteroatoms. The van der Waals surface area contributed by atoms with E-state index < -0.39 is 21.3 Å². The Balaban J connectivity index is 2.00. The molecule has 0 aliphatic heterocycles.